The molecule has 1 N–H and O–H groups in total. The number of furan rings is 1. The summed E-state index contributed by atoms with van der Waals surface area (Å²) < 4.78 is 33.2. The van der Waals surface area contributed by atoms with Crippen molar-refractivity contribution in [1.29, 1.82) is 0 Å². The lowest BCUT2D eigenvalue weighted by atomic mass is 10.1. The van der Waals surface area contributed by atoms with E-state index >= 15 is 0 Å². The molecule has 0 saturated heterocycles. The van der Waals surface area contributed by atoms with Crippen LogP contribution in [0.3, 0.4) is 0 Å². The van der Waals surface area contributed by atoms with Gasteiger partial charge in [-0.3, -0.25) is 0 Å². The van der Waals surface area contributed by atoms with E-state index in [0.717, 1.165) is 0 Å². The summed E-state index contributed by atoms with van der Waals surface area (Å²) >= 11 is 0. The van der Waals surface area contributed by atoms with Gasteiger partial charge in [0.1, 0.15) is 5.76 Å². The Hall–Kier alpha value is -1.34. The Morgan fingerprint density at radius 3 is 2.58 bits per heavy atom. The summed E-state index contributed by atoms with van der Waals surface area (Å²) in [7, 11) is -1.97. The second-order valence-corrected chi connectivity index (χ2v) is 6.67. The predicted molar refractivity (Wildman–Crippen MR) is 70.8 cm³/mol. The molecule has 0 aliphatic rings. The summed E-state index contributed by atoms with van der Waals surface area (Å²) in [5.74, 6) is -0.130. The standard InChI is InChI=1S/C12H19NO5S/c1-5-13-11(8(2)19(4,15)16)9-6-7-10(18-9)12(14)17-3/h6-8,11,13H,5H2,1-4H3. The van der Waals surface area contributed by atoms with Gasteiger partial charge in [-0.1, -0.05) is 6.92 Å². The maximum absolute atomic E-state index is 11.6. The third kappa shape index (κ3) is 3.81. The first kappa shape index (κ1) is 15.7. The molecule has 0 saturated carbocycles. The first-order chi connectivity index (χ1) is 8.81. The van der Waals surface area contributed by atoms with E-state index in [-0.39, 0.29) is 5.76 Å². The van der Waals surface area contributed by atoms with E-state index in [2.05, 4.69) is 10.1 Å². The summed E-state index contributed by atoms with van der Waals surface area (Å²) in [6, 6.07) is 2.56. The van der Waals surface area contributed by atoms with Crippen LogP contribution in [0.15, 0.2) is 16.5 Å². The fourth-order valence-corrected chi connectivity index (χ4v) is 2.42. The predicted octanol–water partition coefficient (Wildman–Crippen LogP) is 1.15. The second-order valence-electron chi connectivity index (χ2n) is 4.26. The highest BCUT2D eigenvalue weighted by Gasteiger charge is 2.29. The van der Waals surface area contributed by atoms with Crippen LogP contribution in [0.1, 0.15) is 36.2 Å². The van der Waals surface area contributed by atoms with Crippen molar-refractivity contribution in [3.05, 3.63) is 23.7 Å². The number of nitrogens with one attached hydrogen (secondary N) is 1. The Morgan fingerprint density at radius 2 is 2.11 bits per heavy atom. The van der Waals surface area contributed by atoms with Crippen LogP contribution in [-0.4, -0.2) is 39.5 Å². The van der Waals surface area contributed by atoms with E-state index < -0.39 is 27.1 Å². The maximum atomic E-state index is 11.6. The van der Waals surface area contributed by atoms with E-state index in [1.165, 1.54) is 19.4 Å². The molecule has 19 heavy (non-hydrogen) atoms. The minimum absolute atomic E-state index is 0.0566. The Morgan fingerprint density at radius 1 is 1.47 bits per heavy atom. The van der Waals surface area contributed by atoms with Crippen LogP contribution in [0.2, 0.25) is 0 Å². The minimum Gasteiger partial charge on any atom is -0.463 e. The third-order valence-corrected chi connectivity index (χ3v) is 4.51. The third-order valence-electron chi connectivity index (χ3n) is 2.89. The van der Waals surface area contributed by atoms with E-state index in [1.54, 1.807) is 13.0 Å². The molecular weight excluding hydrogens is 270 g/mol. The molecule has 0 amide bonds. The SMILES string of the molecule is CCNC(c1ccc(C(=O)OC)o1)C(C)S(C)(=O)=O. The zero-order valence-corrected chi connectivity index (χ0v) is 12.3. The minimum atomic E-state index is -3.23. The van der Waals surface area contributed by atoms with Crippen LogP contribution in [0.5, 0.6) is 0 Å². The molecule has 0 spiro atoms. The Labute approximate surface area is 113 Å². The average molecular weight is 289 g/mol. The molecule has 1 aromatic rings. The van der Waals surface area contributed by atoms with Crippen LogP contribution in [0.25, 0.3) is 0 Å². The number of methoxy groups -OCH3 is 1. The van der Waals surface area contributed by atoms with Gasteiger partial charge in [-0.2, -0.15) is 0 Å². The van der Waals surface area contributed by atoms with Crippen molar-refractivity contribution in [2.75, 3.05) is 19.9 Å². The molecule has 0 radical (unpaired) electrons. The summed E-state index contributed by atoms with van der Waals surface area (Å²) in [4.78, 5) is 11.3. The lowest BCUT2D eigenvalue weighted by molar-refractivity contribution is 0.0562. The fourth-order valence-electron chi connectivity index (χ4n) is 1.70. The van der Waals surface area contributed by atoms with E-state index in [0.29, 0.717) is 12.3 Å². The van der Waals surface area contributed by atoms with Gasteiger partial charge in [0, 0.05) is 6.26 Å². The van der Waals surface area contributed by atoms with Crippen LogP contribution < -0.4 is 5.32 Å². The second kappa shape index (κ2) is 6.21. The number of esters is 1. The van der Waals surface area contributed by atoms with Crippen molar-refractivity contribution >= 4 is 15.8 Å². The molecule has 1 rings (SSSR count). The molecule has 0 aliphatic heterocycles. The van der Waals surface area contributed by atoms with Crippen LogP contribution in [0, 0.1) is 0 Å². The summed E-state index contributed by atoms with van der Waals surface area (Å²) in [5.41, 5.74) is 0. The number of carbonyl (C=O) groups is 1. The zero-order chi connectivity index (χ0) is 14.6. The molecule has 0 bridgehead atoms. The van der Waals surface area contributed by atoms with Crippen molar-refractivity contribution in [1.82, 2.24) is 5.32 Å². The summed E-state index contributed by atoms with van der Waals surface area (Å²) in [6.45, 7) is 4.05. The van der Waals surface area contributed by atoms with Gasteiger partial charge in [0.25, 0.3) is 0 Å². The molecule has 6 nitrogen and oxygen atoms in total. The van der Waals surface area contributed by atoms with Crippen molar-refractivity contribution in [3.63, 3.8) is 0 Å². The Kier molecular flexibility index (Phi) is 5.13. The van der Waals surface area contributed by atoms with Gasteiger partial charge in [-0.25, -0.2) is 13.2 Å². The lowest BCUT2D eigenvalue weighted by Crippen LogP contribution is -2.34. The molecule has 7 heteroatoms. The summed E-state index contributed by atoms with van der Waals surface area (Å²) in [5, 5.41) is 2.39. The Bertz CT molecular complexity index is 534. The van der Waals surface area contributed by atoms with Gasteiger partial charge in [0.05, 0.1) is 18.4 Å². The smallest absolute Gasteiger partial charge is 0.373 e. The number of rotatable bonds is 6. The van der Waals surface area contributed by atoms with Gasteiger partial charge in [0.2, 0.25) is 5.76 Å². The molecule has 2 atom stereocenters. The van der Waals surface area contributed by atoms with Crippen LogP contribution in [-0.2, 0) is 14.6 Å². The average Bonchev–Trinajstić information content (AvgIpc) is 2.82. The van der Waals surface area contributed by atoms with Gasteiger partial charge in [-0.15, -0.1) is 0 Å². The molecule has 2 unspecified atom stereocenters. The topological polar surface area (TPSA) is 85.6 Å². The van der Waals surface area contributed by atoms with E-state index in [4.69, 9.17) is 4.42 Å². The number of hydrogen-bond donors (Lipinski definition) is 1. The van der Waals surface area contributed by atoms with Gasteiger partial charge < -0.3 is 14.5 Å². The molecule has 0 aromatic carbocycles. The highest BCUT2D eigenvalue weighted by atomic mass is 32.2. The largest absolute Gasteiger partial charge is 0.463 e. The quantitative estimate of drug-likeness (QED) is 0.791. The van der Waals surface area contributed by atoms with Crippen molar-refractivity contribution < 1.29 is 22.4 Å². The normalized spacial score (nSPS) is 14.9. The molecular formula is C12H19NO5S. The summed E-state index contributed by atoms with van der Waals surface area (Å²) in [6.07, 6.45) is 1.17. The monoisotopic (exact) mass is 289 g/mol. The first-order valence-electron chi connectivity index (χ1n) is 5.91. The first-order valence-corrected chi connectivity index (χ1v) is 7.87. The van der Waals surface area contributed by atoms with Gasteiger partial charge in [0.15, 0.2) is 9.84 Å². The molecule has 108 valence electrons. The lowest BCUT2D eigenvalue weighted by Gasteiger charge is -2.21. The van der Waals surface area contributed by atoms with E-state index in [1.807, 2.05) is 6.92 Å². The highest BCUT2D eigenvalue weighted by molar-refractivity contribution is 7.91. The number of hydrogen-bond acceptors (Lipinski definition) is 6. The van der Waals surface area contributed by atoms with Crippen LogP contribution in [0.4, 0.5) is 0 Å². The van der Waals surface area contributed by atoms with Crippen LogP contribution >= 0.6 is 0 Å². The number of sulfone groups is 1. The number of carbonyl (C=O) groups excluding carboxylic acids is 1. The molecule has 0 aliphatic carbocycles. The zero-order valence-electron chi connectivity index (χ0n) is 11.5. The maximum Gasteiger partial charge on any atom is 0.373 e. The van der Waals surface area contributed by atoms with Crippen molar-refractivity contribution in [2.45, 2.75) is 25.1 Å². The molecule has 1 aromatic heterocycles. The fraction of sp³-hybridized carbons (Fsp3) is 0.583. The van der Waals surface area contributed by atoms with Crippen molar-refractivity contribution in [2.24, 2.45) is 0 Å². The van der Waals surface area contributed by atoms with Crippen molar-refractivity contribution in [3.8, 4) is 0 Å². The van der Waals surface area contributed by atoms with Gasteiger partial charge >= 0.3 is 5.97 Å². The number of ether oxygens (including phenoxy) is 1. The Balaban J connectivity index is 3.06. The van der Waals surface area contributed by atoms with Gasteiger partial charge in [-0.05, 0) is 25.6 Å². The molecule has 1 heterocycles. The highest BCUT2D eigenvalue weighted by Crippen LogP contribution is 2.24. The molecule has 0 fully saturated rings. The van der Waals surface area contributed by atoms with E-state index in [9.17, 15) is 13.2 Å².